The minimum Gasteiger partial charge on any atom is -0.378 e. The predicted octanol–water partition coefficient (Wildman–Crippen LogP) is 1.40. The van der Waals surface area contributed by atoms with E-state index < -0.39 is 0 Å². The number of hydrogen-bond donors (Lipinski definition) is 1. The summed E-state index contributed by atoms with van der Waals surface area (Å²) in [7, 11) is 0. The van der Waals surface area contributed by atoms with Gasteiger partial charge in [-0.25, -0.2) is 4.98 Å². The van der Waals surface area contributed by atoms with E-state index in [-0.39, 0.29) is 0 Å². The molecule has 1 aromatic carbocycles. The number of benzene rings is 1. The molecule has 3 rings (SSSR count). The maximum Gasteiger partial charge on any atom is 0.147 e. The Morgan fingerprint density at radius 3 is 2.80 bits per heavy atom. The van der Waals surface area contributed by atoms with Gasteiger partial charge in [0.05, 0.1) is 24.3 Å². The fourth-order valence-electron chi connectivity index (χ4n) is 2.44. The lowest BCUT2D eigenvalue weighted by Gasteiger charge is -2.28. The highest BCUT2D eigenvalue weighted by Crippen LogP contribution is 2.24. The molecule has 0 amide bonds. The SMILES string of the molecule is N#Cc1cc2cc(CN)ccc2nc1N1CCOCC1. The van der Waals surface area contributed by atoms with Crippen molar-refractivity contribution in [2.45, 2.75) is 6.54 Å². The molecule has 0 bridgehead atoms. The van der Waals surface area contributed by atoms with Gasteiger partial charge in [0.1, 0.15) is 11.9 Å². The molecule has 1 aliphatic heterocycles. The van der Waals surface area contributed by atoms with Crippen LogP contribution in [0.1, 0.15) is 11.1 Å². The van der Waals surface area contributed by atoms with Crippen molar-refractivity contribution in [2.24, 2.45) is 5.73 Å². The highest BCUT2D eigenvalue weighted by molar-refractivity contribution is 5.83. The standard InChI is InChI=1S/C15H16N4O/c16-9-11-1-2-14-12(7-11)8-13(10-17)15(18-14)19-3-5-20-6-4-19/h1-2,7-8H,3-6,9,16H2. The molecule has 2 aromatic rings. The van der Waals surface area contributed by atoms with Crippen molar-refractivity contribution in [1.29, 1.82) is 5.26 Å². The molecule has 1 aromatic heterocycles. The minimum absolute atomic E-state index is 0.489. The van der Waals surface area contributed by atoms with Crippen LogP contribution in [-0.4, -0.2) is 31.3 Å². The topological polar surface area (TPSA) is 75.2 Å². The summed E-state index contributed by atoms with van der Waals surface area (Å²) in [6, 6.07) is 10.1. The summed E-state index contributed by atoms with van der Waals surface area (Å²) in [4.78, 5) is 6.76. The van der Waals surface area contributed by atoms with Crippen LogP contribution in [0.4, 0.5) is 5.82 Å². The molecule has 1 saturated heterocycles. The molecule has 0 saturated carbocycles. The monoisotopic (exact) mass is 268 g/mol. The smallest absolute Gasteiger partial charge is 0.147 e. The number of aromatic nitrogens is 1. The van der Waals surface area contributed by atoms with E-state index in [4.69, 9.17) is 10.5 Å². The molecule has 2 heterocycles. The fourth-order valence-corrected chi connectivity index (χ4v) is 2.44. The number of fused-ring (bicyclic) bond motifs is 1. The number of pyridine rings is 1. The number of hydrogen-bond acceptors (Lipinski definition) is 5. The van der Waals surface area contributed by atoms with Crippen molar-refractivity contribution < 1.29 is 4.74 Å². The van der Waals surface area contributed by atoms with Gasteiger partial charge >= 0.3 is 0 Å². The summed E-state index contributed by atoms with van der Waals surface area (Å²) in [5, 5.41) is 10.3. The van der Waals surface area contributed by atoms with Crippen LogP contribution in [-0.2, 0) is 11.3 Å². The van der Waals surface area contributed by atoms with Crippen molar-refractivity contribution in [1.82, 2.24) is 4.98 Å². The molecular formula is C15H16N4O. The lowest BCUT2D eigenvalue weighted by Crippen LogP contribution is -2.37. The molecule has 5 nitrogen and oxygen atoms in total. The van der Waals surface area contributed by atoms with Gasteiger partial charge in [0.25, 0.3) is 0 Å². The van der Waals surface area contributed by atoms with Crippen LogP contribution in [0.25, 0.3) is 10.9 Å². The second-order valence-corrected chi connectivity index (χ2v) is 4.80. The summed E-state index contributed by atoms with van der Waals surface area (Å²) in [5.41, 5.74) is 8.19. The summed E-state index contributed by atoms with van der Waals surface area (Å²) >= 11 is 0. The fraction of sp³-hybridized carbons (Fsp3) is 0.333. The molecule has 0 radical (unpaired) electrons. The Bertz CT molecular complexity index is 671. The first-order chi connectivity index (χ1) is 9.81. The van der Waals surface area contributed by atoms with Crippen molar-refractivity contribution in [2.75, 3.05) is 31.2 Å². The molecule has 2 N–H and O–H groups in total. The normalized spacial score (nSPS) is 15.3. The largest absolute Gasteiger partial charge is 0.378 e. The Hall–Kier alpha value is -2.16. The van der Waals surface area contributed by atoms with Crippen LogP contribution in [0.15, 0.2) is 24.3 Å². The highest BCUT2D eigenvalue weighted by atomic mass is 16.5. The average molecular weight is 268 g/mol. The maximum atomic E-state index is 9.36. The predicted molar refractivity (Wildman–Crippen MR) is 77.4 cm³/mol. The van der Waals surface area contributed by atoms with Crippen LogP contribution in [0.2, 0.25) is 0 Å². The van der Waals surface area contributed by atoms with E-state index in [1.165, 1.54) is 0 Å². The molecular weight excluding hydrogens is 252 g/mol. The zero-order chi connectivity index (χ0) is 13.9. The van der Waals surface area contributed by atoms with Crippen LogP contribution in [0.5, 0.6) is 0 Å². The Balaban J connectivity index is 2.09. The number of nitrogens with zero attached hydrogens (tertiary/aromatic N) is 3. The quantitative estimate of drug-likeness (QED) is 0.891. The van der Waals surface area contributed by atoms with E-state index >= 15 is 0 Å². The van der Waals surface area contributed by atoms with E-state index in [1.54, 1.807) is 0 Å². The third-order valence-electron chi connectivity index (χ3n) is 3.53. The first kappa shape index (κ1) is 12.9. The van der Waals surface area contributed by atoms with Crippen LogP contribution in [0, 0.1) is 11.3 Å². The molecule has 0 atom stereocenters. The Morgan fingerprint density at radius 2 is 2.10 bits per heavy atom. The zero-order valence-electron chi connectivity index (χ0n) is 11.2. The van der Waals surface area contributed by atoms with Gasteiger partial charge in [0.2, 0.25) is 0 Å². The Labute approximate surface area is 117 Å². The Kier molecular flexibility index (Phi) is 3.50. The maximum absolute atomic E-state index is 9.36. The molecule has 1 fully saturated rings. The zero-order valence-corrected chi connectivity index (χ0v) is 11.2. The molecule has 0 unspecified atom stereocenters. The van der Waals surface area contributed by atoms with Gasteiger partial charge in [-0.05, 0) is 23.8 Å². The van der Waals surface area contributed by atoms with Gasteiger partial charge < -0.3 is 15.4 Å². The van der Waals surface area contributed by atoms with Gasteiger partial charge in [-0.1, -0.05) is 6.07 Å². The summed E-state index contributed by atoms with van der Waals surface area (Å²) in [6.45, 7) is 3.39. The molecule has 102 valence electrons. The summed E-state index contributed by atoms with van der Waals surface area (Å²) < 4.78 is 5.35. The van der Waals surface area contributed by atoms with Gasteiger partial charge in [-0.3, -0.25) is 0 Å². The average Bonchev–Trinajstić information content (AvgIpc) is 2.53. The second-order valence-electron chi connectivity index (χ2n) is 4.80. The minimum atomic E-state index is 0.489. The number of nitrogens with two attached hydrogens (primary N) is 1. The summed E-state index contributed by atoms with van der Waals surface area (Å²) in [6.07, 6.45) is 0. The number of rotatable bonds is 2. The van der Waals surface area contributed by atoms with Crippen LogP contribution < -0.4 is 10.6 Å². The third kappa shape index (κ3) is 2.31. The van der Waals surface area contributed by atoms with E-state index in [0.717, 1.165) is 35.4 Å². The van der Waals surface area contributed by atoms with Crippen molar-refractivity contribution in [3.63, 3.8) is 0 Å². The highest BCUT2D eigenvalue weighted by Gasteiger charge is 2.17. The third-order valence-corrected chi connectivity index (χ3v) is 3.53. The van der Waals surface area contributed by atoms with Crippen molar-refractivity contribution in [3.8, 4) is 6.07 Å². The molecule has 0 aliphatic carbocycles. The molecule has 5 heteroatoms. The first-order valence-corrected chi connectivity index (χ1v) is 6.68. The summed E-state index contributed by atoms with van der Waals surface area (Å²) in [5.74, 6) is 0.754. The van der Waals surface area contributed by atoms with E-state index in [1.807, 2.05) is 24.3 Å². The second kappa shape index (κ2) is 5.45. The van der Waals surface area contributed by atoms with E-state index in [9.17, 15) is 5.26 Å². The number of nitriles is 1. The van der Waals surface area contributed by atoms with Gasteiger partial charge in [-0.2, -0.15) is 5.26 Å². The van der Waals surface area contributed by atoms with Gasteiger partial charge in [0.15, 0.2) is 0 Å². The van der Waals surface area contributed by atoms with Crippen LogP contribution >= 0.6 is 0 Å². The molecule has 0 spiro atoms. The van der Waals surface area contributed by atoms with Crippen molar-refractivity contribution in [3.05, 3.63) is 35.4 Å². The van der Waals surface area contributed by atoms with Gasteiger partial charge in [-0.15, -0.1) is 0 Å². The molecule has 1 aliphatic rings. The number of ether oxygens (including phenoxy) is 1. The Morgan fingerprint density at radius 1 is 1.30 bits per heavy atom. The van der Waals surface area contributed by atoms with Crippen molar-refractivity contribution >= 4 is 16.7 Å². The number of morpholine rings is 1. The lowest BCUT2D eigenvalue weighted by atomic mass is 10.1. The van der Waals surface area contributed by atoms with E-state index in [0.29, 0.717) is 25.3 Å². The number of anilines is 1. The van der Waals surface area contributed by atoms with Gasteiger partial charge in [0, 0.05) is 25.0 Å². The van der Waals surface area contributed by atoms with Crippen LogP contribution in [0.3, 0.4) is 0 Å². The van der Waals surface area contributed by atoms with E-state index in [2.05, 4.69) is 16.0 Å². The first-order valence-electron chi connectivity index (χ1n) is 6.68. The molecule has 20 heavy (non-hydrogen) atoms. The lowest BCUT2D eigenvalue weighted by molar-refractivity contribution is 0.122.